The maximum Gasteiger partial charge on any atom is -0.00984 e. The molecular weight excluding hydrogens is 176 g/mol. The van der Waals surface area contributed by atoms with E-state index in [-0.39, 0.29) is 0 Å². The van der Waals surface area contributed by atoms with E-state index in [1.54, 1.807) is 0 Å². The van der Waals surface area contributed by atoms with Crippen molar-refractivity contribution in [1.29, 1.82) is 0 Å². The summed E-state index contributed by atoms with van der Waals surface area (Å²) < 4.78 is 0. The number of thiol groups is 1. The van der Waals surface area contributed by atoms with Crippen LogP contribution in [0.25, 0.3) is 0 Å². The molecule has 13 heavy (non-hydrogen) atoms. The average molecular weight is 194 g/mol. The number of allylic oxidation sites excluding steroid dienone is 6. The summed E-state index contributed by atoms with van der Waals surface area (Å²) in [7, 11) is 0. The largest absolute Gasteiger partial charge is 0.148 e. The lowest BCUT2D eigenvalue weighted by molar-refractivity contribution is 0.719. The summed E-state index contributed by atoms with van der Waals surface area (Å²) in [5.41, 5.74) is 1.22. The van der Waals surface area contributed by atoms with Gasteiger partial charge in [-0.1, -0.05) is 44.4 Å². The van der Waals surface area contributed by atoms with E-state index >= 15 is 0 Å². The normalized spacial score (nSPS) is 14.5. The van der Waals surface area contributed by atoms with Crippen LogP contribution in [0.4, 0.5) is 0 Å². The molecule has 1 atom stereocenters. The quantitative estimate of drug-likeness (QED) is 0.493. The molecule has 0 nitrogen and oxygen atoms in total. The van der Waals surface area contributed by atoms with E-state index in [1.165, 1.54) is 5.57 Å². The second-order valence-corrected chi connectivity index (χ2v) is 3.64. The first-order valence-corrected chi connectivity index (χ1v) is 4.88. The highest BCUT2D eigenvalue weighted by atomic mass is 32.1. The summed E-state index contributed by atoms with van der Waals surface area (Å²) >= 11 is 4.22. The Morgan fingerprint density at radius 2 is 2.15 bits per heavy atom. The molecule has 0 saturated carbocycles. The van der Waals surface area contributed by atoms with Crippen LogP contribution in [-0.2, 0) is 0 Å². The van der Waals surface area contributed by atoms with E-state index in [0.717, 1.165) is 11.3 Å². The summed E-state index contributed by atoms with van der Waals surface area (Å²) in [4.78, 5) is 0.924. The molecule has 1 unspecified atom stereocenters. The van der Waals surface area contributed by atoms with Crippen LogP contribution in [0, 0.1) is 5.92 Å². The molecule has 0 amide bonds. The van der Waals surface area contributed by atoms with E-state index in [1.807, 2.05) is 25.2 Å². The monoisotopic (exact) mass is 194 g/mol. The standard InChI is InChI=1S/C12H18S/c1-5-7-8-12(6-2)9-10(3)11(4)13/h5-8,10,13H,2,4,9H2,1,3H3/b7-5-,12-8+. The lowest BCUT2D eigenvalue weighted by atomic mass is 10.0. The van der Waals surface area contributed by atoms with Crippen molar-refractivity contribution in [3.8, 4) is 0 Å². The first-order valence-electron chi connectivity index (χ1n) is 4.43. The summed E-state index contributed by atoms with van der Waals surface area (Å²) in [6, 6.07) is 0. The van der Waals surface area contributed by atoms with Crippen LogP contribution in [-0.4, -0.2) is 0 Å². The van der Waals surface area contributed by atoms with Crippen molar-refractivity contribution < 1.29 is 0 Å². The first-order chi connectivity index (χ1) is 6.11. The van der Waals surface area contributed by atoms with Crippen LogP contribution in [0.5, 0.6) is 0 Å². The summed E-state index contributed by atoms with van der Waals surface area (Å²) in [5, 5.41) is 0. The van der Waals surface area contributed by atoms with Gasteiger partial charge in [-0.15, -0.1) is 12.6 Å². The minimum absolute atomic E-state index is 0.401. The molecule has 0 aliphatic rings. The maximum atomic E-state index is 4.22. The summed E-state index contributed by atoms with van der Waals surface area (Å²) in [5.74, 6) is 0.401. The van der Waals surface area contributed by atoms with Crippen LogP contribution < -0.4 is 0 Å². The Morgan fingerprint density at radius 1 is 1.54 bits per heavy atom. The zero-order valence-electron chi connectivity index (χ0n) is 8.46. The maximum absolute atomic E-state index is 4.22. The second-order valence-electron chi connectivity index (χ2n) is 3.07. The minimum atomic E-state index is 0.401. The van der Waals surface area contributed by atoms with Gasteiger partial charge in [0, 0.05) is 0 Å². The molecule has 1 heteroatoms. The van der Waals surface area contributed by atoms with E-state index < -0.39 is 0 Å². The fraction of sp³-hybridized carbons (Fsp3) is 0.333. The van der Waals surface area contributed by atoms with Gasteiger partial charge in [0.15, 0.2) is 0 Å². The third-order valence-corrected chi connectivity index (χ3v) is 2.32. The third-order valence-electron chi connectivity index (χ3n) is 1.88. The van der Waals surface area contributed by atoms with Crippen molar-refractivity contribution in [3.63, 3.8) is 0 Å². The van der Waals surface area contributed by atoms with E-state index in [2.05, 4.69) is 38.8 Å². The summed E-state index contributed by atoms with van der Waals surface area (Å²) in [6.07, 6.45) is 8.93. The Balaban J connectivity index is 4.28. The molecule has 72 valence electrons. The van der Waals surface area contributed by atoms with Gasteiger partial charge < -0.3 is 0 Å². The molecule has 0 spiro atoms. The zero-order chi connectivity index (χ0) is 10.3. The summed E-state index contributed by atoms with van der Waals surface area (Å²) in [6.45, 7) is 11.7. The van der Waals surface area contributed by atoms with Crippen molar-refractivity contribution in [2.75, 3.05) is 0 Å². The second kappa shape index (κ2) is 6.79. The van der Waals surface area contributed by atoms with Gasteiger partial charge >= 0.3 is 0 Å². The van der Waals surface area contributed by atoms with E-state index in [0.29, 0.717) is 5.92 Å². The van der Waals surface area contributed by atoms with Gasteiger partial charge in [-0.3, -0.25) is 0 Å². The Morgan fingerprint density at radius 3 is 2.54 bits per heavy atom. The van der Waals surface area contributed by atoms with Gasteiger partial charge in [0.05, 0.1) is 0 Å². The molecule has 0 rings (SSSR count). The van der Waals surface area contributed by atoms with Crippen LogP contribution in [0.3, 0.4) is 0 Å². The van der Waals surface area contributed by atoms with Gasteiger partial charge in [-0.05, 0) is 29.7 Å². The van der Waals surface area contributed by atoms with E-state index in [9.17, 15) is 0 Å². The molecule has 0 fully saturated rings. The van der Waals surface area contributed by atoms with Crippen molar-refractivity contribution in [2.24, 2.45) is 5.92 Å². The average Bonchev–Trinajstić information content (AvgIpc) is 2.11. The Kier molecular flexibility index (Phi) is 6.43. The Bertz CT molecular complexity index is 234. The number of rotatable bonds is 5. The predicted molar refractivity (Wildman–Crippen MR) is 65.0 cm³/mol. The zero-order valence-corrected chi connectivity index (χ0v) is 9.35. The van der Waals surface area contributed by atoms with Crippen molar-refractivity contribution >= 4 is 12.6 Å². The minimum Gasteiger partial charge on any atom is -0.148 e. The van der Waals surface area contributed by atoms with Crippen molar-refractivity contribution in [2.45, 2.75) is 20.3 Å². The molecule has 0 radical (unpaired) electrons. The Labute approximate surface area is 87.2 Å². The molecule has 0 aromatic carbocycles. The fourth-order valence-electron chi connectivity index (χ4n) is 0.911. The SMILES string of the molecule is C=C/C(=C\C=C/C)CC(C)C(=C)S. The highest BCUT2D eigenvalue weighted by molar-refractivity contribution is 7.84. The molecule has 0 aliphatic carbocycles. The molecule has 0 aliphatic heterocycles. The smallest absolute Gasteiger partial charge is 0.00984 e. The fourth-order valence-corrected chi connectivity index (χ4v) is 1.00. The first kappa shape index (κ1) is 12.3. The van der Waals surface area contributed by atoms with Gasteiger partial charge in [-0.25, -0.2) is 0 Å². The van der Waals surface area contributed by atoms with Gasteiger partial charge in [0.2, 0.25) is 0 Å². The predicted octanol–water partition coefficient (Wildman–Crippen LogP) is 4.14. The van der Waals surface area contributed by atoms with E-state index in [4.69, 9.17) is 0 Å². The highest BCUT2D eigenvalue weighted by Gasteiger charge is 2.03. The topological polar surface area (TPSA) is 0 Å². The number of hydrogen-bond donors (Lipinski definition) is 1. The molecule has 0 N–H and O–H groups in total. The number of hydrogen-bond acceptors (Lipinski definition) is 1. The van der Waals surface area contributed by atoms with Gasteiger partial charge in [0.25, 0.3) is 0 Å². The van der Waals surface area contributed by atoms with Crippen molar-refractivity contribution in [1.82, 2.24) is 0 Å². The molecule has 0 bridgehead atoms. The Hall–Kier alpha value is -0.690. The molecule has 0 aromatic heterocycles. The molecule has 0 saturated heterocycles. The lowest BCUT2D eigenvalue weighted by Gasteiger charge is -2.10. The lowest BCUT2D eigenvalue weighted by Crippen LogP contribution is -1.94. The van der Waals surface area contributed by atoms with Crippen LogP contribution in [0.2, 0.25) is 0 Å². The highest BCUT2D eigenvalue weighted by Crippen LogP contribution is 2.20. The van der Waals surface area contributed by atoms with Gasteiger partial charge in [-0.2, -0.15) is 0 Å². The van der Waals surface area contributed by atoms with Gasteiger partial charge in [0.1, 0.15) is 0 Å². The van der Waals surface area contributed by atoms with Crippen LogP contribution >= 0.6 is 12.6 Å². The van der Waals surface area contributed by atoms with Crippen LogP contribution in [0.15, 0.2) is 47.9 Å². The third kappa shape index (κ3) is 5.53. The molecular formula is C12H18S. The molecule has 0 aromatic rings. The van der Waals surface area contributed by atoms with Crippen molar-refractivity contribution in [3.05, 3.63) is 47.9 Å². The van der Waals surface area contributed by atoms with Crippen LogP contribution in [0.1, 0.15) is 20.3 Å². The molecule has 0 heterocycles.